The second-order valence-corrected chi connectivity index (χ2v) is 5.46. The standard InChI is InChI=1S/C16H16FNO2/c1-16-9-2-3-13(15(19)20)14(16)8-10-18(16)12-6-4-11(17)5-7-12/h2-7H,8-10H2,1H3,(H,19,20). The van der Waals surface area contributed by atoms with E-state index in [1.807, 2.05) is 6.08 Å². The molecule has 20 heavy (non-hydrogen) atoms. The number of aliphatic carboxylic acids is 1. The zero-order valence-corrected chi connectivity index (χ0v) is 11.3. The molecule has 0 bridgehead atoms. The lowest BCUT2D eigenvalue weighted by atomic mass is 9.81. The van der Waals surface area contributed by atoms with E-state index in [2.05, 4.69) is 11.8 Å². The highest BCUT2D eigenvalue weighted by molar-refractivity contribution is 5.92. The number of anilines is 1. The maximum atomic E-state index is 13.1. The SMILES string of the molecule is CC12CC=CC(C(=O)O)=C1CCN2c1ccc(F)cc1. The Labute approximate surface area is 117 Å². The van der Waals surface area contributed by atoms with Crippen LogP contribution < -0.4 is 4.90 Å². The summed E-state index contributed by atoms with van der Waals surface area (Å²) in [6, 6.07) is 6.39. The van der Waals surface area contributed by atoms with Gasteiger partial charge in [-0.3, -0.25) is 0 Å². The van der Waals surface area contributed by atoms with Gasteiger partial charge < -0.3 is 10.0 Å². The molecule has 0 amide bonds. The highest BCUT2D eigenvalue weighted by atomic mass is 19.1. The van der Waals surface area contributed by atoms with Crippen molar-refractivity contribution in [2.45, 2.75) is 25.3 Å². The average Bonchev–Trinajstić information content (AvgIpc) is 2.76. The first-order valence-electron chi connectivity index (χ1n) is 6.69. The summed E-state index contributed by atoms with van der Waals surface area (Å²) in [5, 5.41) is 9.32. The van der Waals surface area contributed by atoms with Gasteiger partial charge in [0.25, 0.3) is 0 Å². The molecule has 1 aromatic carbocycles. The normalized spacial score (nSPS) is 25.0. The second-order valence-electron chi connectivity index (χ2n) is 5.46. The lowest BCUT2D eigenvalue weighted by Gasteiger charge is -2.39. The van der Waals surface area contributed by atoms with Gasteiger partial charge in [0.1, 0.15) is 5.82 Å². The molecule has 1 heterocycles. The molecule has 0 radical (unpaired) electrons. The van der Waals surface area contributed by atoms with Gasteiger partial charge in [-0.05, 0) is 49.6 Å². The zero-order valence-electron chi connectivity index (χ0n) is 11.3. The number of carbonyl (C=O) groups is 1. The minimum absolute atomic E-state index is 0.261. The summed E-state index contributed by atoms with van der Waals surface area (Å²) >= 11 is 0. The Balaban J connectivity index is 2.04. The third-order valence-corrected chi connectivity index (χ3v) is 4.32. The fraction of sp³-hybridized carbons (Fsp3) is 0.312. The smallest absolute Gasteiger partial charge is 0.335 e. The van der Waals surface area contributed by atoms with E-state index >= 15 is 0 Å². The Hall–Kier alpha value is -2.10. The van der Waals surface area contributed by atoms with Crippen LogP contribution in [0, 0.1) is 5.82 Å². The highest BCUT2D eigenvalue weighted by Gasteiger charge is 2.43. The summed E-state index contributed by atoms with van der Waals surface area (Å²) in [4.78, 5) is 13.5. The Morgan fingerprint density at radius 2 is 2.05 bits per heavy atom. The van der Waals surface area contributed by atoms with Crippen LogP contribution >= 0.6 is 0 Å². The van der Waals surface area contributed by atoms with Crippen molar-refractivity contribution in [2.24, 2.45) is 0 Å². The van der Waals surface area contributed by atoms with Gasteiger partial charge in [-0.15, -0.1) is 0 Å². The van der Waals surface area contributed by atoms with Crippen LogP contribution in [0.1, 0.15) is 19.8 Å². The van der Waals surface area contributed by atoms with Crippen LogP contribution in [0.4, 0.5) is 10.1 Å². The molecule has 4 heteroatoms. The van der Waals surface area contributed by atoms with Crippen LogP contribution in [0.5, 0.6) is 0 Å². The summed E-state index contributed by atoms with van der Waals surface area (Å²) in [7, 11) is 0. The van der Waals surface area contributed by atoms with Gasteiger partial charge in [0.15, 0.2) is 0 Å². The largest absolute Gasteiger partial charge is 0.478 e. The molecule has 104 valence electrons. The van der Waals surface area contributed by atoms with Gasteiger partial charge in [0.2, 0.25) is 0 Å². The van der Waals surface area contributed by atoms with Crippen molar-refractivity contribution in [1.82, 2.24) is 0 Å². The Morgan fingerprint density at radius 1 is 1.35 bits per heavy atom. The summed E-state index contributed by atoms with van der Waals surface area (Å²) in [5.41, 5.74) is 1.99. The van der Waals surface area contributed by atoms with Crippen molar-refractivity contribution in [3.05, 3.63) is 53.4 Å². The number of carboxylic acid groups (broad SMARTS) is 1. The summed E-state index contributed by atoms with van der Waals surface area (Å²) in [6.45, 7) is 2.82. The number of fused-ring (bicyclic) bond motifs is 1. The number of nitrogens with zero attached hydrogens (tertiary/aromatic N) is 1. The molecular weight excluding hydrogens is 257 g/mol. The lowest BCUT2D eigenvalue weighted by molar-refractivity contribution is -0.132. The van der Waals surface area contributed by atoms with Crippen molar-refractivity contribution in [1.29, 1.82) is 0 Å². The van der Waals surface area contributed by atoms with Crippen molar-refractivity contribution in [3.63, 3.8) is 0 Å². The Kier molecular flexibility index (Phi) is 2.89. The molecule has 1 aromatic rings. The molecule has 1 aliphatic heterocycles. The van der Waals surface area contributed by atoms with E-state index < -0.39 is 5.97 Å². The first kappa shape index (κ1) is 12.9. The van der Waals surface area contributed by atoms with E-state index in [1.54, 1.807) is 18.2 Å². The number of carboxylic acids is 1. The molecule has 1 atom stereocenters. The number of rotatable bonds is 2. The van der Waals surface area contributed by atoms with Crippen LogP contribution in [0.3, 0.4) is 0 Å². The molecule has 0 aromatic heterocycles. The quantitative estimate of drug-likeness (QED) is 0.900. The van der Waals surface area contributed by atoms with Gasteiger partial charge in [-0.25, -0.2) is 9.18 Å². The molecule has 1 saturated heterocycles. The van der Waals surface area contributed by atoms with Crippen LogP contribution in [0.25, 0.3) is 0 Å². The van der Waals surface area contributed by atoms with E-state index in [4.69, 9.17) is 0 Å². The minimum Gasteiger partial charge on any atom is -0.478 e. The van der Waals surface area contributed by atoms with Gasteiger partial charge in [-0.2, -0.15) is 0 Å². The van der Waals surface area contributed by atoms with E-state index in [1.165, 1.54) is 12.1 Å². The fourth-order valence-corrected chi connectivity index (χ4v) is 3.30. The number of halogens is 1. The van der Waals surface area contributed by atoms with Crippen LogP contribution in [-0.4, -0.2) is 23.2 Å². The van der Waals surface area contributed by atoms with Gasteiger partial charge in [0.05, 0.1) is 11.1 Å². The number of benzene rings is 1. The third kappa shape index (κ3) is 1.83. The first-order valence-corrected chi connectivity index (χ1v) is 6.69. The van der Waals surface area contributed by atoms with E-state index in [-0.39, 0.29) is 11.4 Å². The molecular formula is C16H16FNO2. The summed E-state index contributed by atoms with van der Waals surface area (Å²) in [6.07, 6.45) is 5.12. The molecule has 1 N–H and O–H groups in total. The molecule has 0 spiro atoms. The molecule has 2 aliphatic rings. The second kappa shape index (κ2) is 4.47. The fourth-order valence-electron chi connectivity index (χ4n) is 3.30. The van der Waals surface area contributed by atoms with Gasteiger partial charge >= 0.3 is 5.97 Å². The van der Waals surface area contributed by atoms with E-state index in [9.17, 15) is 14.3 Å². The molecule has 3 rings (SSSR count). The molecule has 1 aliphatic carbocycles. The van der Waals surface area contributed by atoms with Gasteiger partial charge in [-0.1, -0.05) is 12.2 Å². The third-order valence-electron chi connectivity index (χ3n) is 4.32. The predicted molar refractivity (Wildman–Crippen MR) is 75.2 cm³/mol. The first-order chi connectivity index (χ1) is 9.52. The zero-order chi connectivity index (χ0) is 14.3. The molecule has 3 nitrogen and oxygen atoms in total. The van der Waals surface area contributed by atoms with Crippen molar-refractivity contribution in [2.75, 3.05) is 11.4 Å². The Bertz CT molecular complexity index is 618. The van der Waals surface area contributed by atoms with Crippen LogP contribution in [-0.2, 0) is 4.79 Å². The predicted octanol–water partition coefficient (Wildman–Crippen LogP) is 3.14. The van der Waals surface area contributed by atoms with Crippen LogP contribution in [0.15, 0.2) is 47.6 Å². The lowest BCUT2D eigenvalue weighted by Crippen LogP contribution is -2.43. The van der Waals surface area contributed by atoms with Crippen molar-refractivity contribution in [3.8, 4) is 0 Å². The van der Waals surface area contributed by atoms with Crippen molar-refractivity contribution >= 4 is 11.7 Å². The Morgan fingerprint density at radius 3 is 2.70 bits per heavy atom. The van der Waals surface area contributed by atoms with Crippen LogP contribution in [0.2, 0.25) is 0 Å². The molecule has 0 saturated carbocycles. The maximum Gasteiger partial charge on any atom is 0.335 e. The van der Waals surface area contributed by atoms with Gasteiger partial charge in [0, 0.05) is 12.2 Å². The van der Waals surface area contributed by atoms with E-state index in [0.717, 1.165) is 30.6 Å². The number of hydrogen-bond acceptors (Lipinski definition) is 2. The van der Waals surface area contributed by atoms with Crippen molar-refractivity contribution < 1.29 is 14.3 Å². The molecule has 1 unspecified atom stereocenters. The van der Waals surface area contributed by atoms with E-state index in [0.29, 0.717) is 5.57 Å². The minimum atomic E-state index is -0.872. The molecule has 1 fully saturated rings. The highest BCUT2D eigenvalue weighted by Crippen LogP contribution is 2.44. The summed E-state index contributed by atoms with van der Waals surface area (Å²) in [5.74, 6) is -1.13. The maximum absolute atomic E-state index is 13.1. The number of hydrogen-bond donors (Lipinski definition) is 1. The monoisotopic (exact) mass is 273 g/mol. The summed E-state index contributed by atoms with van der Waals surface area (Å²) < 4.78 is 13.1. The average molecular weight is 273 g/mol. The topological polar surface area (TPSA) is 40.5 Å².